The number of nitrogens with zero attached hydrogens (tertiary/aromatic N) is 1. The number of aromatic nitrogens is 1. The van der Waals surface area contributed by atoms with Gasteiger partial charge in [-0.25, -0.2) is 0 Å². The van der Waals surface area contributed by atoms with Crippen LogP contribution in [0.15, 0.2) is 48.7 Å². The molecule has 1 heterocycles. The van der Waals surface area contributed by atoms with Gasteiger partial charge in [0.2, 0.25) is 0 Å². The highest BCUT2D eigenvalue weighted by atomic mass is 32.1. The molecule has 0 aliphatic heterocycles. The van der Waals surface area contributed by atoms with Gasteiger partial charge in [-0.05, 0) is 17.2 Å². The molecule has 0 amide bonds. The molecule has 2 aromatic rings. The number of hydrogen-bond acceptors (Lipinski definition) is 2. The van der Waals surface area contributed by atoms with E-state index in [2.05, 4.69) is 0 Å². The fourth-order valence-corrected chi connectivity index (χ4v) is 1.68. The molecule has 0 saturated carbocycles. The number of rotatable bonds is 2. The minimum Gasteiger partial charge on any atom is -0.428 e. The Morgan fingerprint density at radius 3 is 2.53 bits per heavy atom. The maximum atomic E-state index is 9.39. The maximum Gasteiger partial charge on any atom is 0.145 e. The Morgan fingerprint density at radius 2 is 1.80 bits per heavy atom. The van der Waals surface area contributed by atoms with Crippen LogP contribution in [-0.4, -0.2) is 9.94 Å². The van der Waals surface area contributed by atoms with Gasteiger partial charge < -0.3 is 5.21 Å². The van der Waals surface area contributed by atoms with Gasteiger partial charge in [0.05, 0.1) is 0 Å². The summed E-state index contributed by atoms with van der Waals surface area (Å²) in [7, 11) is 0. The Bertz CT molecular complexity index is 505. The van der Waals surface area contributed by atoms with Crippen molar-refractivity contribution in [3.63, 3.8) is 0 Å². The lowest BCUT2D eigenvalue weighted by atomic mass is 10.1. The van der Waals surface area contributed by atoms with E-state index in [1.54, 1.807) is 6.07 Å². The molecule has 0 aliphatic carbocycles. The SMILES string of the molecule is On1cccc(Cc2ccccc2)c1=S. The molecule has 1 N–H and O–H groups in total. The van der Waals surface area contributed by atoms with E-state index in [0.29, 0.717) is 4.64 Å². The van der Waals surface area contributed by atoms with Crippen molar-refractivity contribution in [2.45, 2.75) is 6.42 Å². The van der Waals surface area contributed by atoms with Crippen molar-refractivity contribution in [2.75, 3.05) is 0 Å². The van der Waals surface area contributed by atoms with Gasteiger partial charge >= 0.3 is 0 Å². The van der Waals surface area contributed by atoms with E-state index >= 15 is 0 Å². The predicted octanol–water partition coefficient (Wildman–Crippen LogP) is 3.05. The molecule has 0 bridgehead atoms. The summed E-state index contributed by atoms with van der Waals surface area (Å²) in [6, 6.07) is 13.8. The number of hydrogen-bond donors (Lipinski definition) is 1. The zero-order valence-electron chi connectivity index (χ0n) is 8.13. The van der Waals surface area contributed by atoms with Crippen molar-refractivity contribution in [1.29, 1.82) is 0 Å². The standard InChI is InChI=1S/C12H11NOS/c14-13-8-4-7-11(12(13)15)9-10-5-2-1-3-6-10/h1-8,14H,9H2. The third kappa shape index (κ3) is 2.25. The summed E-state index contributed by atoms with van der Waals surface area (Å²) < 4.78 is 1.45. The molecule has 15 heavy (non-hydrogen) atoms. The largest absolute Gasteiger partial charge is 0.428 e. The van der Waals surface area contributed by atoms with Gasteiger partial charge in [-0.15, -0.1) is 0 Å². The van der Waals surface area contributed by atoms with E-state index in [-0.39, 0.29) is 0 Å². The number of benzene rings is 1. The second kappa shape index (κ2) is 4.28. The van der Waals surface area contributed by atoms with Gasteiger partial charge in [0, 0.05) is 12.6 Å². The molecule has 76 valence electrons. The Morgan fingerprint density at radius 1 is 1.07 bits per heavy atom. The van der Waals surface area contributed by atoms with Crippen LogP contribution < -0.4 is 0 Å². The molecule has 2 nitrogen and oxygen atoms in total. The zero-order chi connectivity index (χ0) is 10.7. The maximum absolute atomic E-state index is 9.39. The molecular formula is C12H11NOS. The highest BCUT2D eigenvalue weighted by Crippen LogP contribution is 2.10. The fraction of sp³-hybridized carbons (Fsp3) is 0.0833. The lowest BCUT2D eigenvalue weighted by Crippen LogP contribution is -1.98. The molecule has 0 fully saturated rings. The molecule has 0 atom stereocenters. The van der Waals surface area contributed by atoms with E-state index in [1.807, 2.05) is 36.4 Å². The van der Waals surface area contributed by atoms with Gasteiger partial charge in [-0.1, -0.05) is 48.6 Å². The van der Waals surface area contributed by atoms with Crippen molar-refractivity contribution in [3.05, 3.63) is 64.4 Å². The predicted molar refractivity (Wildman–Crippen MR) is 61.7 cm³/mol. The van der Waals surface area contributed by atoms with Crippen molar-refractivity contribution in [3.8, 4) is 0 Å². The molecule has 0 radical (unpaired) electrons. The molecule has 0 aliphatic rings. The van der Waals surface area contributed by atoms with Gasteiger partial charge in [-0.3, -0.25) is 0 Å². The normalized spacial score (nSPS) is 10.1. The van der Waals surface area contributed by atoms with Gasteiger partial charge in [0.25, 0.3) is 0 Å². The molecule has 1 aromatic heterocycles. The molecule has 0 unspecified atom stereocenters. The zero-order valence-corrected chi connectivity index (χ0v) is 8.95. The van der Waals surface area contributed by atoms with Crippen molar-refractivity contribution in [2.24, 2.45) is 0 Å². The highest BCUT2D eigenvalue weighted by molar-refractivity contribution is 7.71. The van der Waals surface area contributed by atoms with E-state index in [1.165, 1.54) is 11.8 Å². The topological polar surface area (TPSA) is 25.2 Å². The summed E-state index contributed by atoms with van der Waals surface area (Å²) in [4.78, 5) is 0. The smallest absolute Gasteiger partial charge is 0.145 e. The van der Waals surface area contributed by atoms with E-state index in [9.17, 15) is 5.21 Å². The van der Waals surface area contributed by atoms with Crippen LogP contribution in [0.1, 0.15) is 11.1 Å². The summed E-state index contributed by atoms with van der Waals surface area (Å²) >= 11 is 5.11. The van der Waals surface area contributed by atoms with Gasteiger partial charge in [0.1, 0.15) is 4.64 Å². The molecule has 1 aromatic carbocycles. The molecule has 0 spiro atoms. The number of pyridine rings is 1. The summed E-state index contributed by atoms with van der Waals surface area (Å²) in [5.74, 6) is 0. The lowest BCUT2D eigenvalue weighted by molar-refractivity contribution is 0.179. The highest BCUT2D eigenvalue weighted by Gasteiger charge is 1.99. The van der Waals surface area contributed by atoms with Gasteiger partial charge in [-0.2, -0.15) is 4.73 Å². The van der Waals surface area contributed by atoms with Crippen LogP contribution in [0.2, 0.25) is 0 Å². The first-order chi connectivity index (χ1) is 7.27. The summed E-state index contributed by atoms with van der Waals surface area (Å²) in [5.41, 5.74) is 2.15. The molecule has 0 saturated heterocycles. The second-order valence-electron chi connectivity index (χ2n) is 3.35. The molecule has 3 heteroatoms. The third-order valence-corrected chi connectivity index (χ3v) is 2.69. The van der Waals surface area contributed by atoms with E-state index in [0.717, 1.165) is 16.7 Å². The summed E-state index contributed by atoms with van der Waals surface area (Å²) in [5, 5.41) is 9.39. The minimum absolute atomic E-state index is 0.473. The van der Waals surface area contributed by atoms with Crippen LogP contribution in [0.4, 0.5) is 0 Å². The summed E-state index contributed by atoms with van der Waals surface area (Å²) in [6.45, 7) is 0. The van der Waals surface area contributed by atoms with Gasteiger partial charge in [0.15, 0.2) is 0 Å². The van der Waals surface area contributed by atoms with Crippen LogP contribution in [0.5, 0.6) is 0 Å². The summed E-state index contributed by atoms with van der Waals surface area (Å²) in [6.07, 6.45) is 2.29. The Kier molecular flexibility index (Phi) is 2.83. The fourth-order valence-electron chi connectivity index (χ4n) is 1.48. The van der Waals surface area contributed by atoms with Crippen molar-refractivity contribution >= 4 is 12.2 Å². The average molecular weight is 217 g/mol. The third-order valence-electron chi connectivity index (χ3n) is 2.24. The molecular weight excluding hydrogens is 206 g/mol. The van der Waals surface area contributed by atoms with Crippen LogP contribution in [0.3, 0.4) is 0 Å². The van der Waals surface area contributed by atoms with Crippen LogP contribution in [-0.2, 0) is 6.42 Å². The van der Waals surface area contributed by atoms with Crippen molar-refractivity contribution < 1.29 is 5.21 Å². The first-order valence-electron chi connectivity index (χ1n) is 4.71. The van der Waals surface area contributed by atoms with Crippen LogP contribution >= 0.6 is 12.2 Å². The molecule has 2 rings (SSSR count). The monoisotopic (exact) mass is 217 g/mol. The first kappa shape index (κ1) is 9.93. The lowest BCUT2D eigenvalue weighted by Gasteiger charge is -2.04. The van der Waals surface area contributed by atoms with Crippen LogP contribution in [0.25, 0.3) is 0 Å². The first-order valence-corrected chi connectivity index (χ1v) is 5.12. The van der Waals surface area contributed by atoms with E-state index < -0.39 is 0 Å². The Hall–Kier alpha value is -1.61. The average Bonchev–Trinajstić information content (AvgIpc) is 2.26. The Balaban J connectivity index is 2.33. The van der Waals surface area contributed by atoms with Crippen molar-refractivity contribution in [1.82, 2.24) is 4.73 Å². The van der Waals surface area contributed by atoms with Crippen LogP contribution in [0, 0.1) is 4.64 Å². The Labute approximate surface area is 93.4 Å². The minimum atomic E-state index is 0.473. The van der Waals surface area contributed by atoms with E-state index in [4.69, 9.17) is 12.2 Å². The quantitative estimate of drug-likeness (QED) is 0.618. The second-order valence-corrected chi connectivity index (χ2v) is 3.73.